The van der Waals surface area contributed by atoms with Gasteiger partial charge in [0.1, 0.15) is 0 Å². The number of nitrogens with zero attached hydrogens (tertiary/aromatic N) is 2. The van der Waals surface area contributed by atoms with E-state index in [1.165, 1.54) is 35.2 Å². The van der Waals surface area contributed by atoms with Crippen molar-refractivity contribution in [1.82, 2.24) is 15.1 Å². The van der Waals surface area contributed by atoms with Crippen molar-refractivity contribution in [2.24, 2.45) is 7.05 Å². The van der Waals surface area contributed by atoms with Gasteiger partial charge in [-0.25, -0.2) is 0 Å². The molecule has 2 aromatic rings. The average molecular weight is 255 g/mol. The van der Waals surface area contributed by atoms with E-state index in [0.29, 0.717) is 0 Å². The molecule has 0 spiro atoms. The molecule has 1 aliphatic carbocycles. The molecular formula is C16H21N3. The van der Waals surface area contributed by atoms with Gasteiger partial charge >= 0.3 is 0 Å². The van der Waals surface area contributed by atoms with Gasteiger partial charge in [0, 0.05) is 31.4 Å². The predicted octanol–water partition coefficient (Wildman–Crippen LogP) is 2.90. The van der Waals surface area contributed by atoms with E-state index in [-0.39, 0.29) is 0 Å². The molecule has 100 valence electrons. The summed E-state index contributed by atoms with van der Waals surface area (Å²) in [6.45, 7) is 3.95. The topological polar surface area (TPSA) is 29.9 Å². The molecular weight excluding hydrogens is 234 g/mol. The number of benzene rings is 1. The largest absolute Gasteiger partial charge is 0.308 e. The number of hydrogen-bond acceptors (Lipinski definition) is 2. The fourth-order valence-electron chi connectivity index (χ4n) is 2.54. The van der Waals surface area contributed by atoms with Gasteiger partial charge in [-0.2, -0.15) is 5.10 Å². The third-order valence-electron chi connectivity index (χ3n) is 4.04. The minimum Gasteiger partial charge on any atom is -0.308 e. The molecule has 0 bridgehead atoms. The molecule has 0 aliphatic heterocycles. The first kappa shape index (κ1) is 12.4. The van der Waals surface area contributed by atoms with Crippen LogP contribution in [0, 0.1) is 6.92 Å². The summed E-state index contributed by atoms with van der Waals surface area (Å²) in [5.41, 5.74) is 5.51. The van der Waals surface area contributed by atoms with Crippen molar-refractivity contribution in [1.29, 1.82) is 0 Å². The van der Waals surface area contributed by atoms with Crippen molar-refractivity contribution in [2.75, 3.05) is 0 Å². The molecule has 3 heteroatoms. The third kappa shape index (κ3) is 2.71. The van der Waals surface area contributed by atoms with Gasteiger partial charge in [-0.3, -0.25) is 4.68 Å². The SMILES string of the molecule is Cc1c(CNCc2ccccc2C2CC2)cnn1C. The normalized spacial score (nSPS) is 14.8. The second-order valence-corrected chi connectivity index (χ2v) is 5.46. The lowest BCUT2D eigenvalue weighted by molar-refractivity contribution is 0.680. The molecule has 1 aliphatic rings. The second kappa shape index (κ2) is 5.17. The maximum absolute atomic E-state index is 4.27. The van der Waals surface area contributed by atoms with Crippen LogP contribution in [0.4, 0.5) is 0 Å². The molecule has 1 aromatic carbocycles. The number of nitrogens with one attached hydrogen (secondary N) is 1. The van der Waals surface area contributed by atoms with E-state index in [1.807, 2.05) is 17.9 Å². The number of aromatic nitrogens is 2. The van der Waals surface area contributed by atoms with Gasteiger partial charge in [0.2, 0.25) is 0 Å². The Balaban J connectivity index is 1.62. The van der Waals surface area contributed by atoms with Gasteiger partial charge in [0.25, 0.3) is 0 Å². The summed E-state index contributed by atoms with van der Waals surface area (Å²) in [7, 11) is 1.99. The minimum absolute atomic E-state index is 0.818. The summed E-state index contributed by atoms with van der Waals surface area (Å²) < 4.78 is 1.93. The molecule has 0 radical (unpaired) electrons. The molecule has 1 fully saturated rings. The van der Waals surface area contributed by atoms with Crippen molar-refractivity contribution in [2.45, 2.75) is 38.8 Å². The smallest absolute Gasteiger partial charge is 0.0537 e. The van der Waals surface area contributed by atoms with E-state index >= 15 is 0 Å². The van der Waals surface area contributed by atoms with Crippen LogP contribution in [-0.4, -0.2) is 9.78 Å². The Morgan fingerprint density at radius 2 is 1.95 bits per heavy atom. The van der Waals surface area contributed by atoms with Crippen molar-refractivity contribution in [3.8, 4) is 0 Å². The minimum atomic E-state index is 0.818. The Labute approximate surface area is 114 Å². The Morgan fingerprint density at radius 1 is 1.21 bits per heavy atom. The fraction of sp³-hybridized carbons (Fsp3) is 0.438. The molecule has 1 heterocycles. The Morgan fingerprint density at radius 3 is 2.63 bits per heavy atom. The van der Waals surface area contributed by atoms with E-state index in [4.69, 9.17) is 0 Å². The van der Waals surface area contributed by atoms with Crippen LogP contribution in [-0.2, 0) is 20.1 Å². The van der Waals surface area contributed by atoms with E-state index in [2.05, 4.69) is 41.6 Å². The van der Waals surface area contributed by atoms with Crippen LogP contribution in [0.15, 0.2) is 30.5 Å². The molecule has 1 N–H and O–H groups in total. The Hall–Kier alpha value is -1.61. The molecule has 3 nitrogen and oxygen atoms in total. The highest BCUT2D eigenvalue weighted by molar-refractivity contribution is 5.33. The molecule has 1 saturated carbocycles. The standard InChI is InChI=1S/C16H21N3/c1-12-15(11-18-19(12)2)10-17-9-14-5-3-4-6-16(14)13-7-8-13/h3-6,11,13,17H,7-10H2,1-2H3. The Kier molecular flexibility index (Phi) is 3.38. The van der Waals surface area contributed by atoms with Gasteiger partial charge in [0.15, 0.2) is 0 Å². The van der Waals surface area contributed by atoms with Gasteiger partial charge in [0.05, 0.1) is 6.20 Å². The second-order valence-electron chi connectivity index (χ2n) is 5.46. The number of hydrogen-bond donors (Lipinski definition) is 1. The van der Waals surface area contributed by atoms with E-state index < -0.39 is 0 Å². The molecule has 0 saturated heterocycles. The van der Waals surface area contributed by atoms with Crippen LogP contribution >= 0.6 is 0 Å². The highest BCUT2D eigenvalue weighted by Gasteiger charge is 2.25. The predicted molar refractivity (Wildman–Crippen MR) is 76.9 cm³/mol. The molecule has 3 rings (SSSR count). The highest BCUT2D eigenvalue weighted by atomic mass is 15.3. The van der Waals surface area contributed by atoms with Crippen LogP contribution in [0.25, 0.3) is 0 Å². The van der Waals surface area contributed by atoms with Crippen LogP contribution in [0.1, 0.15) is 41.1 Å². The fourth-order valence-corrected chi connectivity index (χ4v) is 2.54. The summed E-state index contributed by atoms with van der Waals surface area (Å²) in [5.74, 6) is 0.818. The lowest BCUT2D eigenvalue weighted by Crippen LogP contribution is -2.14. The van der Waals surface area contributed by atoms with E-state index in [9.17, 15) is 0 Å². The molecule has 1 aromatic heterocycles. The van der Waals surface area contributed by atoms with Crippen molar-refractivity contribution < 1.29 is 0 Å². The maximum Gasteiger partial charge on any atom is 0.0537 e. The first-order chi connectivity index (χ1) is 9.25. The summed E-state index contributed by atoms with van der Waals surface area (Å²) in [6.07, 6.45) is 4.67. The maximum atomic E-state index is 4.27. The van der Waals surface area contributed by atoms with Crippen LogP contribution < -0.4 is 5.32 Å². The van der Waals surface area contributed by atoms with E-state index in [1.54, 1.807) is 0 Å². The first-order valence-corrected chi connectivity index (χ1v) is 7.01. The first-order valence-electron chi connectivity index (χ1n) is 7.01. The quantitative estimate of drug-likeness (QED) is 0.890. The zero-order chi connectivity index (χ0) is 13.2. The average Bonchev–Trinajstić information content (AvgIpc) is 3.22. The molecule has 0 atom stereocenters. The molecule has 0 amide bonds. The molecule has 0 unspecified atom stereocenters. The monoisotopic (exact) mass is 255 g/mol. The summed E-state index contributed by atoms with van der Waals surface area (Å²) >= 11 is 0. The summed E-state index contributed by atoms with van der Waals surface area (Å²) in [6, 6.07) is 8.82. The number of rotatable bonds is 5. The molecule has 19 heavy (non-hydrogen) atoms. The highest BCUT2D eigenvalue weighted by Crippen LogP contribution is 2.41. The van der Waals surface area contributed by atoms with Crippen molar-refractivity contribution in [3.63, 3.8) is 0 Å². The van der Waals surface area contributed by atoms with Crippen LogP contribution in [0.5, 0.6) is 0 Å². The van der Waals surface area contributed by atoms with E-state index in [0.717, 1.165) is 19.0 Å². The van der Waals surface area contributed by atoms with Crippen LogP contribution in [0.3, 0.4) is 0 Å². The zero-order valence-electron chi connectivity index (χ0n) is 11.7. The van der Waals surface area contributed by atoms with Crippen LogP contribution in [0.2, 0.25) is 0 Å². The van der Waals surface area contributed by atoms with Gasteiger partial charge in [-0.05, 0) is 36.8 Å². The Bertz CT molecular complexity index is 567. The zero-order valence-corrected chi connectivity index (χ0v) is 11.7. The number of aryl methyl sites for hydroxylation is 1. The lowest BCUT2D eigenvalue weighted by atomic mass is 10.0. The summed E-state index contributed by atoms with van der Waals surface area (Å²) in [5, 5.41) is 7.82. The van der Waals surface area contributed by atoms with Gasteiger partial charge < -0.3 is 5.32 Å². The third-order valence-corrected chi connectivity index (χ3v) is 4.04. The van der Waals surface area contributed by atoms with Crippen molar-refractivity contribution in [3.05, 3.63) is 52.8 Å². The van der Waals surface area contributed by atoms with Gasteiger partial charge in [-0.1, -0.05) is 24.3 Å². The summed E-state index contributed by atoms with van der Waals surface area (Å²) in [4.78, 5) is 0. The lowest BCUT2D eigenvalue weighted by Gasteiger charge is -2.09. The van der Waals surface area contributed by atoms with Gasteiger partial charge in [-0.15, -0.1) is 0 Å². The van der Waals surface area contributed by atoms with Crippen molar-refractivity contribution >= 4 is 0 Å².